The lowest BCUT2D eigenvalue weighted by Crippen LogP contribution is -2.35. The highest BCUT2D eigenvalue weighted by molar-refractivity contribution is 8.26. The second kappa shape index (κ2) is 6.36. The second-order valence-electron chi connectivity index (χ2n) is 5.87. The van der Waals surface area contributed by atoms with Gasteiger partial charge in [-0.05, 0) is 48.4 Å². The lowest BCUT2D eigenvalue weighted by Gasteiger charge is -2.20. The maximum atomic E-state index is 12.4. The van der Waals surface area contributed by atoms with Gasteiger partial charge in [-0.3, -0.25) is 10.2 Å². The fourth-order valence-electron chi connectivity index (χ4n) is 2.89. The second-order valence-corrected chi connectivity index (χ2v) is 6.80. The Hall–Kier alpha value is -2.61. The van der Waals surface area contributed by atoms with E-state index in [1.807, 2.05) is 24.3 Å². The Balaban J connectivity index is 1.62. The van der Waals surface area contributed by atoms with Gasteiger partial charge in [0.25, 0.3) is 5.91 Å². The van der Waals surface area contributed by atoms with E-state index in [1.54, 1.807) is 13.2 Å². The van der Waals surface area contributed by atoms with Crippen LogP contribution in [0, 0.1) is 5.41 Å². The summed E-state index contributed by atoms with van der Waals surface area (Å²) in [4.78, 5) is 18.7. The third kappa shape index (κ3) is 2.93. The Morgan fingerprint density at radius 3 is 2.60 bits per heavy atom. The number of hydrogen-bond donors (Lipinski definition) is 1. The summed E-state index contributed by atoms with van der Waals surface area (Å²) >= 11 is 1.36. The van der Waals surface area contributed by atoms with Gasteiger partial charge in [0.2, 0.25) is 5.17 Å². The maximum Gasteiger partial charge on any atom is 0.283 e. The number of methoxy groups -OCH3 is 1. The molecule has 0 spiro atoms. The number of aliphatic imine (C=N–C) groups is 1. The summed E-state index contributed by atoms with van der Waals surface area (Å²) in [7, 11) is 1.60. The summed E-state index contributed by atoms with van der Waals surface area (Å²) in [6.07, 6.45) is 3.95. The zero-order valence-corrected chi connectivity index (χ0v) is 14.5. The average molecular weight is 355 g/mol. The topological polar surface area (TPSA) is 81.3 Å². The third-order valence-electron chi connectivity index (χ3n) is 4.25. The average Bonchev–Trinajstić information content (AvgIpc) is 3.28. The quantitative estimate of drug-likeness (QED) is 0.824. The molecule has 3 aliphatic rings. The zero-order chi connectivity index (χ0) is 17.4. The van der Waals surface area contributed by atoms with Crippen LogP contribution in [0.3, 0.4) is 0 Å². The van der Waals surface area contributed by atoms with E-state index in [2.05, 4.69) is 15.0 Å². The number of fused-ring (bicyclic) bond motifs is 1. The number of carbonyl (C=O) groups excluding carboxylic acids is 1. The van der Waals surface area contributed by atoms with Crippen LogP contribution in [0.1, 0.15) is 18.4 Å². The molecule has 0 unspecified atom stereocenters. The number of carbonyl (C=O) groups is 1. The van der Waals surface area contributed by atoms with Gasteiger partial charge < -0.3 is 9.64 Å². The van der Waals surface area contributed by atoms with E-state index in [-0.39, 0.29) is 11.4 Å². The van der Waals surface area contributed by atoms with Crippen LogP contribution in [-0.2, 0) is 4.79 Å². The fraction of sp³-hybridized carbons (Fsp3) is 0.294. The highest BCUT2D eigenvalue weighted by Gasteiger charge is 2.37. The molecule has 1 N–H and O–H groups in total. The van der Waals surface area contributed by atoms with Gasteiger partial charge in [-0.1, -0.05) is 12.1 Å². The molecule has 1 fully saturated rings. The molecule has 1 aromatic carbocycles. The van der Waals surface area contributed by atoms with Gasteiger partial charge in [0, 0.05) is 13.1 Å². The van der Waals surface area contributed by atoms with Gasteiger partial charge in [0.15, 0.2) is 11.0 Å². The minimum atomic E-state index is -0.405. The number of thioether (sulfide) groups is 1. The van der Waals surface area contributed by atoms with E-state index in [9.17, 15) is 4.79 Å². The first-order chi connectivity index (χ1) is 12.2. The molecule has 0 atom stereocenters. The van der Waals surface area contributed by atoms with Crippen molar-refractivity contribution in [3.8, 4) is 5.75 Å². The van der Waals surface area contributed by atoms with Crippen molar-refractivity contribution in [2.45, 2.75) is 12.8 Å². The summed E-state index contributed by atoms with van der Waals surface area (Å²) in [5, 5.41) is 15.6. The summed E-state index contributed by atoms with van der Waals surface area (Å²) in [5.74, 6) is 0.397. The first kappa shape index (κ1) is 15.9. The van der Waals surface area contributed by atoms with Crippen molar-refractivity contribution in [2.24, 2.45) is 10.1 Å². The van der Waals surface area contributed by atoms with Crippen LogP contribution in [0.4, 0.5) is 0 Å². The molecule has 7 nitrogen and oxygen atoms in total. The predicted octanol–water partition coefficient (Wildman–Crippen LogP) is 2.37. The van der Waals surface area contributed by atoms with Gasteiger partial charge in [-0.2, -0.15) is 10.0 Å². The molecule has 1 saturated heterocycles. The predicted molar refractivity (Wildman–Crippen MR) is 98.8 cm³/mol. The third-order valence-corrected chi connectivity index (χ3v) is 5.22. The van der Waals surface area contributed by atoms with E-state index in [1.165, 1.54) is 16.8 Å². The number of hydrogen-bond acceptors (Lipinski definition) is 6. The van der Waals surface area contributed by atoms with Gasteiger partial charge in [0.05, 0.1) is 12.7 Å². The summed E-state index contributed by atoms with van der Waals surface area (Å²) in [6.45, 7) is 1.92. The van der Waals surface area contributed by atoms with Gasteiger partial charge in [-0.25, -0.2) is 0 Å². The lowest BCUT2D eigenvalue weighted by atomic mass is 10.1. The van der Waals surface area contributed by atoms with Gasteiger partial charge in [0.1, 0.15) is 5.75 Å². The monoisotopic (exact) mass is 355 g/mol. The number of ether oxygens (including phenoxy) is 1. The molecule has 25 heavy (non-hydrogen) atoms. The molecular weight excluding hydrogens is 338 g/mol. The Kier molecular flexibility index (Phi) is 4.04. The number of nitrogens with one attached hydrogen (secondary N) is 1. The van der Waals surface area contributed by atoms with E-state index < -0.39 is 5.91 Å². The minimum absolute atomic E-state index is 0.0625. The van der Waals surface area contributed by atoms with E-state index in [0.717, 1.165) is 42.4 Å². The van der Waals surface area contributed by atoms with Crippen molar-refractivity contribution in [1.82, 2.24) is 9.91 Å². The SMILES string of the molecule is COc1ccc(/C=C2\C(=N)N3N=C(N4CCCC4)SC3=NC2=O)cc1. The van der Waals surface area contributed by atoms with Crippen LogP contribution >= 0.6 is 11.8 Å². The molecule has 3 heterocycles. The maximum absolute atomic E-state index is 12.4. The van der Waals surface area contributed by atoms with Crippen molar-refractivity contribution in [1.29, 1.82) is 5.41 Å². The van der Waals surface area contributed by atoms with Crippen LogP contribution in [0.15, 0.2) is 39.9 Å². The van der Waals surface area contributed by atoms with Gasteiger partial charge in [-0.15, -0.1) is 5.10 Å². The Morgan fingerprint density at radius 1 is 1.20 bits per heavy atom. The molecule has 0 bridgehead atoms. The van der Waals surface area contributed by atoms with Crippen LogP contribution in [0.5, 0.6) is 5.75 Å². The summed E-state index contributed by atoms with van der Waals surface area (Å²) < 4.78 is 5.13. The van der Waals surface area contributed by atoms with Crippen molar-refractivity contribution >= 4 is 39.9 Å². The number of likely N-dealkylation sites (tertiary alicyclic amines) is 1. The number of nitrogens with zero attached hydrogens (tertiary/aromatic N) is 4. The summed E-state index contributed by atoms with van der Waals surface area (Å²) in [5.41, 5.74) is 1.05. The molecule has 0 aliphatic carbocycles. The van der Waals surface area contributed by atoms with E-state index in [0.29, 0.717) is 5.17 Å². The molecule has 1 aromatic rings. The molecule has 128 valence electrons. The van der Waals surface area contributed by atoms with Crippen molar-refractivity contribution < 1.29 is 9.53 Å². The standard InChI is InChI=1S/C17H17N5O2S/c1-24-12-6-4-11(5-7-12)10-13-14(18)22-16(19-15(13)23)25-17(20-22)21-8-2-3-9-21/h4-7,10,18H,2-3,8-9H2,1H3/b13-10+,18-14?. The molecule has 3 aliphatic heterocycles. The molecule has 1 amide bonds. The van der Waals surface area contributed by atoms with Crippen molar-refractivity contribution in [2.75, 3.05) is 20.2 Å². The molecule has 0 radical (unpaired) electrons. The van der Waals surface area contributed by atoms with Crippen LogP contribution in [-0.4, -0.2) is 52.2 Å². The van der Waals surface area contributed by atoms with E-state index in [4.69, 9.17) is 10.1 Å². The number of amidine groups is 3. The molecular formula is C17H17N5O2S. The zero-order valence-electron chi connectivity index (χ0n) is 13.7. The van der Waals surface area contributed by atoms with Gasteiger partial charge >= 0.3 is 0 Å². The Morgan fingerprint density at radius 2 is 1.92 bits per heavy atom. The molecule has 0 aromatic heterocycles. The van der Waals surface area contributed by atoms with Crippen LogP contribution in [0.2, 0.25) is 0 Å². The first-order valence-corrected chi connectivity index (χ1v) is 8.86. The Labute approximate surface area is 149 Å². The number of rotatable bonds is 2. The molecule has 4 rings (SSSR count). The smallest absolute Gasteiger partial charge is 0.283 e. The number of amides is 1. The fourth-order valence-corrected chi connectivity index (χ4v) is 3.83. The molecule has 8 heteroatoms. The minimum Gasteiger partial charge on any atom is -0.497 e. The summed E-state index contributed by atoms with van der Waals surface area (Å²) in [6, 6.07) is 7.30. The Bertz CT molecular complexity index is 822. The van der Waals surface area contributed by atoms with Crippen LogP contribution < -0.4 is 4.74 Å². The van der Waals surface area contributed by atoms with E-state index >= 15 is 0 Å². The van der Waals surface area contributed by atoms with Crippen molar-refractivity contribution in [3.05, 3.63) is 35.4 Å². The normalized spacial score (nSPS) is 21.6. The largest absolute Gasteiger partial charge is 0.497 e. The first-order valence-electron chi connectivity index (χ1n) is 8.05. The lowest BCUT2D eigenvalue weighted by molar-refractivity contribution is -0.114. The highest BCUT2D eigenvalue weighted by Crippen LogP contribution is 2.30. The number of hydrazone groups is 1. The molecule has 0 saturated carbocycles. The number of benzene rings is 1. The van der Waals surface area contributed by atoms with Crippen LogP contribution in [0.25, 0.3) is 6.08 Å². The van der Waals surface area contributed by atoms with Crippen molar-refractivity contribution in [3.63, 3.8) is 0 Å². The highest BCUT2D eigenvalue weighted by atomic mass is 32.2.